The van der Waals surface area contributed by atoms with Crippen LogP contribution in [0.3, 0.4) is 0 Å². The van der Waals surface area contributed by atoms with Gasteiger partial charge in [0.2, 0.25) is 0 Å². The lowest BCUT2D eigenvalue weighted by molar-refractivity contribution is 0.526. The number of hydrogen-bond donors (Lipinski definition) is 2. The molecule has 0 saturated heterocycles. The standard InChI is InChI=1S/C23H29N3/c1-22(2,3)17-10-9-15(20-16(17)11-12-24-20)13-23(4,5)18-7-6-8-19-21(18)26-14-25-19/h6-10,14,24H,11-13H2,1-5H3,(H,25,26). The zero-order valence-electron chi connectivity index (χ0n) is 16.5. The monoisotopic (exact) mass is 347 g/mol. The zero-order valence-corrected chi connectivity index (χ0v) is 16.5. The van der Waals surface area contributed by atoms with Crippen molar-refractivity contribution in [1.29, 1.82) is 0 Å². The summed E-state index contributed by atoms with van der Waals surface area (Å²) in [5.74, 6) is 0. The van der Waals surface area contributed by atoms with E-state index in [0.717, 1.165) is 30.4 Å². The Morgan fingerprint density at radius 3 is 2.58 bits per heavy atom. The summed E-state index contributed by atoms with van der Waals surface area (Å²) in [5, 5.41) is 3.67. The van der Waals surface area contributed by atoms with Crippen LogP contribution < -0.4 is 5.32 Å². The van der Waals surface area contributed by atoms with E-state index in [4.69, 9.17) is 0 Å². The summed E-state index contributed by atoms with van der Waals surface area (Å²) in [5.41, 5.74) is 9.50. The Bertz CT molecular complexity index is 957. The predicted molar refractivity (Wildman–Crippen MR) is 110 cm³/mol. The summed E-state index contributed by atoms with van der Waals surface area (Å²) in [7, 11) is 0. The molecule has 4 rings (SSSR count). The number of nitrogens with one attached hydrogen (secondary N) is 2. The van der Waals surface area contributed by atoms with E-state index in [1.54, 1.807) is 6.33 Å². The van der Waals surface area contributed by atoms with E-state index < -0.39 is 0 Å². The lowest BCUT2D eigenvalue weighted by Crippen LogP contribution is -2.22. The van der Waals surface area contributed by atoms with E-state index in [1.807, 2.05) is 0 Å². The van der Waals surface area contributed by atoms with Crippen molar-refractivity contribution in [3.63, 3.8) is 0 Å². The Labute approximate surface area is 156 Å². The molecule has 0 bridgehead atoms. The molecule has 0 aliphatic carbocycles. The third-order valence-corrected chi connectivity index (χ3v) is 5.70. The molecule has 26 heavy (non-hydrogen) atoms. The van der Waals surface area contributed by atoms with Crippen LogP contribution in [-0.4, -0.2) is 16.5 Å². The van der Waals surface area contributed by atoms with E-state index in [1.165, 1.54) is 27.9 Å². The number of hydrogen-bond acceptors (Lipinski definition) is 2. The predicted octanol–water partition coefficient (Wildman–Crippen LogP) is 5.35. The van der Waals surface area contributed by atoms with E-state index >= 15 is 0 Å². The maximum absolute atomic E-state index is 4.57. The maximum Gasteiger partial charge on any atom is 0.0931 e. The van der Waals surface area contributed by atoms with Crippen LogP contribution in [0.2, 0.25) is 0 Å². The molecule has 2 N–H and O–H groups in total. The van der Waals surface area contributed by atoms with Gasteiger partial charge in [-0.3, -0.25) is 0 Å². The summed E-state index contributed by atoms with van der Waals surface area (Å²) in [6, 6.07) is 11.1. The van der Waals surface area contributed by atoms with Crippen LogP contribution in [0.5, 0.6) is 0 Å². The minimum Gasteiger partial charge on any atom is -0.384 e. The lowest BCUT2D eigenvalue weighted by atomic mass is 9.76. The SMILES string of the molecule is CC(C)(C)c1ccc(CC(C)(C)c2cccc3[nH]cnc23)c2c1CCN2. The minimum atomic E-state index is 0.00991. The van der Waals surface area contributed by atoms with Crippen LogP contribution in [0.15, 0.2) is 36.7 Å². The Balaban J connectivity index is 1.76. The molecule has 2 heterocycles. The van der Waals surface area contributed by atoms with Crippen molar-refractivity contribution in [2.45, 2.75) is 58.3 Å². The van der Waals surface area contributed by atoms with Gasteiger partial charge in [-0.1, -0.05) is 58.9 Å². The van der Waals surface area contributed by atoms with Gasteiger partial charge in [-0.15, -0.1) is 0 Å². The number of aromatic amines is 1. The second kappa shape index (κ2) is 5.87. The van der Waals surface area contributed by atoms with Crippen LogP contribution in [-0.2, 0) is 23.7 Å². The van der Waals surface area contributed by atoms with E-state index in [0.29, 0.717) is 0 Å². The third kappa shape index (κ3) is 2.80. The molecular formula is C23H29N3. The van der Waals surface area contributed by atoms with E-state index in [2.05, 4.69) is 80.2 Å². The molecule has 1 aliphatic rings. The van der Waals surface area contributed by atoms with Gasteiger partial charge in [-0.05, 0) is 52.0 Å². The van der Waals surface area contributed by atoms with Gasteiger partial charge < -0.3 is 10.3 Å². The molecule has 2 aromatic carbocycles. The fourth-order valence-electron chi connectivity index (χ4n) is 4.42. The smallest absolute Gasteiger partial charge is 0.0931 e. The fourth-order valence-corrected chi connectivity index (χ4v) is 4.42. The number of nitrogens with zero attached hydrogens (tertiary/aromatic N) is 1. The third-order valence-electron chi connectivity index (χ3n) is 5.70. The first-order valence-corrected chi connectivity index (χ1v) is 9.59. The summed E-state index contributed by atoms with van der Waals surface area (Å²) >= 11 is 0. The molecule has 136 valence electrons. The quantitative estimate of drug-likeness (QED) is 0.670. The second-order valence-corrected chi connectivity index (χ2v) is 9.22. The molecule has 0 atom stereocenters. The van der Waals surface area contributed by atoms with Gasteiger partial charge in [-0.2, -0.15) is 0 Å². The number of benzene rings is 2. The molecule has 1 aliphatic heterocycles. The highest BCUT2D eigenvalue weighted by atomic mass is 14.9. The largest absolute Gasteiger partial charge is 0.384 e. The zero-order chi connectivity index (χ0) is 18.5. The highest BCUT2D eigenvalue weighted by Gasteiger charge is 2.29. The maximum atomic E-state index is 4.57. The first kappa shape index (κ1) is 17.1. The van der Waals surface area contributed by atoms with Gasteiger partial charge >= 0.3 is 0 Å². The molecule has 1 aromatic heterocycles. The van der Waals surface area contributed by atoms with Crippen LogP contribution in [0.4, 0.5) is 5.69 Å². The number of aromatic nitrogens is 2. The summed E-state index contributed by atoms with van der Waals surface area (Å²) < 4.78 is 0. The lowest BCUT2D eigenvalue weighted by Gasteiger charge is -2.29. The number of fused-ring (bicyclic) bond motifs is 2. The Morgan fingerprint density at radius 2 is 1.81 bits per heavy atom. The van der Waals surface area contributed by atoms with Gasteiger partial charge in [0.15, 0.2) is 0 Å². The van der Waals surface area contributed by atoms with Crippen molar-refractivity contribution in [3.8, 4) is 0 Å². The molecule has 3 aromatic rings. The number of anilines is 1. The summed E-state index contributed by atoms with van der Waals surface area (Å²) in [4.78, 5) is 7.81. The van der Waals surface area contributed by atoms with Crippen molar-refractivity contribution in [3.05, 3.63) is 58.9 Å². The first-order chi connectivity index (χ1) is 12.3. The number of rotatable bonds is 3. The molecule has 0 fully saturated rings. The molecule has 3 nitrogen and oxygen atoms in total. The molecule has 0 spiro atoms. The summed E-state index contributed by atoms with van der Waals surface area (Å²) in [6.45, 7) is 12.6. The Hall–Kier alpha value is -2.29. The summed E-state index contributed by atoms with van der Waals surface area (Å²) in [6.07, 6.45) is 3.92. The highest BCUT2D eigenvalue weighted by molar-refractivity contribution is 5.79. The van der Waals surface area contributed by atoms with Crippen LogP contribution in [0, 0.1) is 0 Å². The average Bonchev–Trinajstić information content (AvgIpc) is 3.22. The van der Waals surface area contributed by atoms with Crippen molar-refractivity contribution in [2.24, 2.45) is 0 Å². The van der Waals surface area contributed by atoms with Crippen molar-refractivity contribution in [2.75, 3.05) is 11.9 Å². The number of H-pyrrole nitrogens is 1. The van der Waals surface area contributed by atoms with Gasteiger partial charge in [-0.25, -0.2) is 4.98 Å². The second-order valence-electron chi connectivity index (χ2n) is 9.22. The van der Waals surface area contributed by atoms with Crippen molar-refractivity contribution < 1.29 is 0 Å². The van der Waals surface area contributed by atoms with Crippen molar-refractivity contribution in [1.82, 2.24) is 9.97 Å². The first-order valence-electron chi connectivity index (χ1n) is 9.59. The molecule has 0 radical (unpaired) electrons. The van der Waals surface area contributed by atoms with Gasteiger partial charge in [0.05, 0.1) is 17.4 Å². The highest BCUT2D eigenvalue weighted by Crippen LogP contribution is 2.40. The van der Waals surface area contributed by atoms with E-state index in [-0.39, 0.29) is 10.8 Å². The van der Waals surface area contributed by atoms with E-state index in [9.17, 15) is 0 Å². The minimum absolute atomic E-state index is 0.00991. The Kier molecular flexibility index (Phi) is 3.87. The molecular weight excluding hydrogens is 318 g/mol. The number of para-hydroxylation sites is 1. The Morgan fingerprint density at radius 1 is 1.00 bits per heavy atom. The van der Waals surface area contributed by atoms with Crippen LogP contribution in [0.25, 0.3) is 11.0 Å². The van der Waals surface area contributed by atoms with Crippen LogP contribution in [0.1, 0.15) is 56.9 Å². The van der Waals surface area contributed by atoms with Gasteiger partial charge in [0, 0.05) is 12.2 Å². The van der Waals surface area contributed by atoms with Gasteiger partial charge in [0.25, 0.3) is 0 Å². The normalized spacial score (nSPS) is 14.5. The molecule has 0 unspecified atom stereocenters. The topological polar surface area (TPSA) is 40.7 Å². The molecule has 0 amide bonds. The average molecular weight is 348 g/mol. The molecule has 3 heteroatoms. The number of imidazole rings is 1. The van der Waals surface area contributed by atoms with Crippen LogP contribution >= 0.6 is 0 Å². The van der Waals surface area contributed by atoms with Crippen molar-refractivity contribution >= 4 is 16.7 Å². The molecule has 0 saturated carbocycles. The van der Waals surface area contributed by atoms with Gasteiger partial charge in [0.1, 0.15) is 0 Å². The fraction of sp³-hybridized carbons (Fsp3) is 0.435.